The molecule has 0 radical (unpaired) electrons. The van der Waals surface area contributed by atoms with Crippen molar-refractivity contribution in [2.24, 2.45) is 0 Å². The molecule has 0 aromatic heterocycles. The van der Waals surface area contributed by atoms with Crippen molar-refractivity contribution in [2.45, 2.75) is 32.9 Å². The van der Waals surface area contributed by atoms with Crippen molar-refractivity contribution in [2.75, 3.05) is 12.3 Å². The maximum Gasteiger partial charge on any atom is 0.410 e. The van der Waals surface area contributed by atoms with Crippen LogP contribution in [0, 0.1) is 10.1 Å². The summed E-state index contributed by atoms with van der Waals surface area (Å²) in [6.07, 6.45) is 1.04. The van der Waals surface area contributed by atoms with Gasteiger partial charge in [-0.05, 0) is 32.4 Å². The summed E-state index contributed by atoms with van der Waals surface area (Å²) in [5, 5.41) is 10.9. The summed E-state index contributed by atoms with van der Waals surface area (Å²) in [6.45, 7) is 9.31. The van der Waals surface area contributed by atoms with Gasteiger partial charge in [-0.25, -0.2) is 4.79 Å². The van der Waals surface area contributed by atoms with Crippen molar-refractivity contribution in [1.82, 2.24) is 4.90 Å². The molecule has 120 valence electrons. The number of carbonyl (C=O) groups is 1. The van der Waals surface area contributed by atoms with Crippen LogP contribution in [-0.2, 0) is 11.3 Å². The third-order valence-corrected chi connectivity index (χ3v) is 2.59. The number of carbonyl (C=O) groups excluding carboxylic acids is 1. The Balaban J connectivity index is 2.98. The second-order valence-electron chi connectivity index (χ2n) is 5.84. The summed E-state index contributed by atoms with van der Waals surface area (Å²) in [5.41, 5.74) is 5.75. The molecule has 0 saturated carbocycles. The molecule has 22 heavy (non-hydrogen) atoms. The first-order valence-electron chi connectivity index (χ1n) is 6.75. The monoisotopic (exact) mass is 307 g/mol. The van der Waals surface area contributed by atoms with Gasteiger partial charge in [-0.1, -0.05) is 6.08 Å². The lowest BCUT2D eigenvalue weighted by Gasteiger charge is -2.26. The van der Waals surface area contributed by atoms with Crippen molar-refractivity contribution in [3.8, 4) is 0 Å². The maximum atomic E-state index is 12.1. The molecule has 1 rings (SSSR count). The average Bonchev–Trinajstić information content (AvgIpc) is 2.35. The fourth-order valence-electron chi connectivity index (χ4n) is 1.80. The van der Waals surface area contributed by atoms with Crippen molar-refractivity contribution in [3.63, 3.8) is 0 Å². The van der Waals surface area contributed by atoms with Gasteiger partial charge in [0.2, 0.25) is 0 Å². The number of nitrogens with two attached hydrogens (primary N) is 1. The molecular weight excluding hydrogens is 286 g/mol. The predicted molar refractivity (Wildman–Crippen MR) is 84.3 cm³/mol. The van der Waals surface area contributed by atoms with Crippen LogP contribution in [0.3, 0.4) is 0 Å². The second kappa shape index (κ2) is 6.93. The number of nitrogens with zero attached hydrogens (tertiary/aromatic N) is 2. The number of nitro benzene ring substituents is 1. The Kier molecular flexibility index (Phi) is 5.50. The molecule has 7 heteroatoms. The summed E-state index contributed by atoms with van der Waals surface area (Å²) in [5.74, 6) is 0. The van der Waals surface area contributed by atoms with Gasteiger partial charge in [0.1, 0.15) is 5.60 Å². The Bertz CT molecular complexity index is 579. The molecule has 0 bridgehead atoms. The number of amides is 1. The smallest absolute Gasteiger partial charge is 0.410 e. The molecule has 0 atom stereocenters. The van der Waals surface area contributed by atoms with Crippen molar-refractivity contribution < 1.29 is 14.5 Å². The number of hydrogen-bond donors (Lipinski definition) is 1. The van der Waals surface area contributed by atoms with Crippen molar-refractivity contribution in [3.05, 3.63) is 46.5 Å². The molecular formula is C15H21N3O4. The topological polar surface area (TPSA) is 98.7 Å². The van der Waals surface area contributed by atoms with Crippen LogP contribution in [0.1, 0.15) is 26.3 Å². The minimum atomic E-state index is -0.627. The van der Waals surface area contributed by atoms with Crippen molar-refractivity contribution in [1.29, 1.82) is 0 Å². The van der Waals surface area contributed by atoms with E-state index in [0.717, 1.165) is 0 Å². The molecule has 1 aromatic rings. The Hall–Kier alpha value is -2.57. The number of ether oxygens (including phenoxy) is 1. The summed E-state index contributed by atoms with van der Waals surface area (Å²) in [4.78, 5) is 23.9. The van der Waals surface area contributed by atoms with E-state index in [9.17, 15) is 14.9 Å². The molecule has 0 saturated heterocycles. The van der Waals surface area contributed by atoms with Gasteiger partial charge in [-0.2, -0.15) is 0 Å². The van der Waals surface area contributed by atoms with Crippen LogP contribution < -0.4 is 5.73 Å². The number of hydrogen-bond acceptors (Lipinski definition) is 5. The molecule has 0 unspecified atom stereocenters. The predicted octanol–water partition coefficient (Wildman–Crippen LogP) is 3.10. The van der Waals surface area contributed by atoms with E-state index in [4.69, 9.17) is 10.5 Å². The first-order chi connectivity index (χ1) is 10.1. The minimum absolute atomic E-state index is 0.113. The largest absolute Gasteiger partial charge is 0.444 e. The molecule has 1 amide bonds. The SMILES string of the molecule is C=CCN(Cc1cc(N)cc([N+](=O)[O-])c1)C(=O)OC(C)(C)C. The molecule has 0 spiro atoms. The van der Waals surface area contributed by atoms with Gasteiger partial charge >= 0.3 is 6.09 Å². The molecule has 7 nitrogen and oxygen atoms in total. The van der Waals surface area contributed by atoms with Gasteiger partial charge in [0, 0.05) is 30.9 Å². The van der Waals surface area contributed by atoms with Gasteiger partial charge in [-0.15, -0.1) is 6.58 Å². The highest BCUT2D eigenvalue weighted by Gasteiger charge is 2.22. The molecule has 2 N–H and O–H groups in total. The zero-order chi connectivity index (χ0) is 16.9. The minimum Gasteiger partial charge on any atom is -0.444 e. The standard InChI is InChI=1S/C15H21N3O4/c1-5-6-17(14(19)22-15(2,3)4)10-11-7-12(16)9-13(8-11)18(20)21/h5,7-9H,1,6,10,16H2,2-4H3. The number of nitro groups is 1. The van der Waals surface area contributed by atoms with Gasteiger partial charge < -0.3 is 15.4 Å². The number of nitrogen functional groups attached to an aromatic ring is 1. The van der Waals surface area contributed by atoms with E-state index >= 15 is 0 Å². The van der Waals surface area contributed by atoms with E-state index in [1.807, 2.05) is 0 Å². The van der Waals surface area contributed by atoms with Gasteiger partial charge in [-0.3, -0.25) is 10.1 Å². The van der Waals surface area contributed by atoms with E-state index in [2.05, 4.69) is 6.58 Å². The van der Waals surface area contributed by atoms with E-state index in [0.29, 0.717) is 5.56 Å². The highest BCUT2D eigenvalue weighted by atomic mass is 16.6. The summed E-state index contributed by atoms with van der Waals surface area (Å²) >= 11 is 0. The zero-order valence-corrected chi connectivity index (χ0v) is 13.0. The van der Waals surface area contributed by atoms with Gasteiger partial charge in [0.25, 0.3) is 5.69 Å². The van der Waals surface area contributed by atoms with Crippen LogP contribution >= 0.6 is 0 Å². The first kappa shape index (κ1) is 17.5. The molecule has 0 aliphatic carbocycles. The van der Waals surface area contributed by atoms with Crippen LogP contribution in [0.15, 0.2) is 30.9 Å². The van der Waals surface area contributed by atoms with E-state index in [1.54, 1.807) is 32.9 Å². The fraction of sp³-hybridized carbons (Fsp3) is 0.400. The quantitative estimate of drug-likeness (QED) is 0.390. The molecule has 0 aliphatic heterocycles. The summed E-state index contributed by atoms with van der Waals surface area (Å²) < 4.78 is 5.31. The summed E-state index contributed by atoms with van der Waals surface area (Å²) in [7, 11) is 0. The van der Waals surface area contributed by atoms with Gasteiger partial charge in [0.15, 0.2) is 0 Å². The van der Waals surface area contributed by atoms with E-state index < -0.39 is 16.6 Å². The number of benzene rings is 1. The fourth-order valence-corrected chi connectivity index (χ4v) is 1.80. The maximum absolute atomic E-state index is 12.1. The second-order valence-corrected chi connectivity index (χ2v) is 5.84. The van der Waals surface area contributed by atoms with Crippen LogP contribution in [0.4, 0.5) is 16.2 Å². The average molecular weight is 307 g/mol. The first-order valence-corrected chi connectivity index (χ1v) is 6.75. The Morgan fingerprint density at radius 1 is 1.45 bits per heavy atom. The molecule has 0 fully saturated rings. The number of rotatable bonds is 5. The van der Waals surface area contributed by atoms with Crippen LogP contribution in [0.25, 0.3) is 0 Å². The van der Waals surface area contributed by atoms with Crippen LogP contribution in [-0.4, -0.2) is 28.1 Å². The Morgan fingerprint density at radius 3 is 2.59 bits per heavy atom. The highest BCUT2D eigenvalue weighted by Crippen LogP contribution is 2.21. The molecule has 1 aromatic carbocycles. The molecule has 0 heterocycles. The Labute approximate surface area is 129 Å². The lowest BCUT2D eigenvalue weighted by atomic mass is 10.1. The van der Waals surface area contributed by atoms with Gasteiger partial charge in [0.05, 0.1) is 4.92 Å². The number of anilines is 1. The Morgan fingerprint density at radius 2 is 2.09 bits per heavy atom. The third-order valence-electron chi connectivity index (χ3n) is 2.59. The van der Waals surface area contributed by atoms with Crippen LogP contribution in [0.5, 0.6) is 0 Å². The highest BCUT2D eigenvalue weighted by molar-refractivity contribution is 5.68. The summed E-state index contributed by atoms with van der Waals surface area (Å²) in [6, 6.07) is 4.25. The van der Waals surface area contributed by atoms with E-state index in [1.165, 1.54) is 17.0 Å². The molecule has 0 aliphatic rings. The normalized spacial score (nSPS) is 10.9. The zero-order valence-electron chi connectivity index (χ0n) is 13.0. The third kappa shape index (κ3) is 5.43. The lowest BCUT2D eigenvalue weighted by molar-refractivity contribution is -0.384. The van der Waals surface area contributed by atoms with Crippen molar-refractivity contribution >= 4 is 17.5 Å². The lowest BCUT2D eigenvalue weighted by Crippen LogP contribution is -2.36. The van der Waals surface area contributed by atoms with E-state index in [-0.39, 0.29) is 24.5 Å². The van der Waals surface area contributed by atoms with Crippen LogP contribution in [0.2, 0.25) is 0 Å². The number of non-ortho nitro benzene ring substituents is 1.